The van der Waals surface area contributed by atoms with Crippen LogP contribution in [0.25, 0.3) is 0 Å². The summed E-state index contributed by atoms with van der Waals surface area (Å²) in [5, 5.41) is 17.3. The lowest BCUT2D eigenvalue weighted by molar-refractivity contribution is -0.144. The van der Waals surface area contributed by atoms with Gasteiger partial charge in [-0.05, 0) is 24.6 Å². The molecule has 0 bridgehead atoms. The zero-order valence-corrected chi connectivity index (χ0v) is 7.80. The average molecular weight is 196 g/mol. The Labute approximate surface area is 81.8 Å². The fourth-order valence-corrected chi connectivity index (χ4v) is 0.928. The number of rotatable bonds is 4. The normalized spacial score (nSPS) is 12.1. The number of aliphatic carboxylic acids is 1. The fourth-order valence-electron chi connectivity index (χ4n) is 0.928. The predicted molar refractivity (Wildman–Crippen MR) is 50.1 cm³/mol. The molecule has 1 rings (SSSR count). The second-order valence-electron chi connectivity index (χ2n) is 2.90. The quantitative estimate of drug-likeness (QED) is 0.754. The third-order valence-electron chi connectivity index (χ3n) is 1.77. The van der Waals surface area contributed by atoms with Gasteiger partial charge in [0.25, 0.3) is 0 Å². The number of hydrogen-bond donors (Lipinski definition) is 2. The van der Waals surface area contributed by atoms with Gasteiger partial charge in [0.15, 0.2) is 6.10 Å². The minimum absolute atomic E-state index is 0.0330. The molecule has 1 unspecified atom stereocenters. The summed E-state index contributed by atoms with van der Waals surface area (Å²) in [6.45, 7) is 1.43. The predicted octanol–water partition coefficient (Wildman–Crippen LogP) is 1.03. The van der Waals surface area contributed by atoms with Gasteiger partial charge in [-0.1, -0.05) is 12.1 Å². The van der Waals surface area contributed by atoms with Crippen molar-refractivity contribution in [2.75, 3.05) is 0 Å². The third-order valence-corrected chi connectivity index (χ3v) is 1.77. The molecule has 0 heterocycles. The number of carbonyl (C=O) groups is 1. The first-order valence-electron chi connectivity index (χ1n) is 4.22. The highest BCUT2D eigenvalue weighted by molar-refractivity contribution is 5.72. The summed E-state index contributed by atoms with van der Waals surface area (Å²) < 4.78 is 5.09. The number of benzene rings is 1. The Balaban J connectivity index is 2.64. The molecule has 0 radical (unpaired) electrons. The Bertz CT molecular complexity index is 304. The average Bonchev–Trinajstić information content (AvgIpc) is 2.19. The van der Waals surface area contributed by atoms with E-state index >= 15 is 0 Å². The Morgan fingerprint density at radius 1 is 1.43 bits per heavy atom. The number of aliphatic hydroxyl groups excluding tert-OH is 1. The summed E-state index contributed by atoms with van der Waals surface area (Å²) in [5.41, 5.74) is 0.764. The van der Waals surface area contributed by atoms with E-state index < -0.39 is 12.1 Å². The highest BCUT2D eigenvalue weighted by Gasteiger charge is 2.11. The Hall–Kier alpha value is -1.55. The van der Waals surface area contributed by atoms with Crippen molar-refractivity contribution >= 4 is 5.97 Å². The Kier molecular flexibility index (Phi) is 3.48. The zero-order valence-electron chi connectivity index (χ0n) is 7.80. The molecule has 1 aromatic rings. The Morgan fingerprint density at radius 2 is 2.00 bits per heavy atom. The molecule has 4 heteroatoms. The van der Waals surface area contributed by atoms with Gasteiger partial charge in [-0.3, -0.25) is 0 Å². The monoisotopic (exact) mass is 196 g/mol. The number of carboxylic acid groups (broad SMARTS) is 1. The van der Waals surface area contributed by atoms with Gasteiger partial charge in [-0.2, -0.15) is 0 Å². The zero-order chi connectivity index (χ0) is 10.6. The van der Waals surface area contributed by atoms with Crippen LogP contribution in [0.5, 0.6) is 5.75 Å². The summed E-state index contributed by atoms with van der Waals surface area (Å²) in [6.07, 6.45) is -0.866. The number of hydrogen-bond acceptors (Lipinski definition) is 3. The van der Waals surface area contributed by atoms with E-state index in [0.29, 0.717) is 5.75 Å². The molecule has 1 atom stereocenters. The molecule has 0 fully saturated rings. The van der Waals surface area contributed by atoms with Gasteiger partial charge in [0, 0.05) is 0 Å². The largest absolute Gasteiger partial charge is 0.479 e. The van der Waals surface area contributed by atoms with Crippen LogP contribution in [0.4, 0.5) is 0 Å². The Morgan fingerprint density at radius 3 is 2.43 bits per heavy atom. The molecule has 0 aliphatic rings. The molecule has 0 amide bonds. The first kappa shape index (κ1) is 10.5. The maximum absolute atomic E-state index is 10.5. The summed E-state index contributed by atoms with van der Waals surface area (Å²) in [6, 6.07) is 6.63. The van der Waals surface area contributed by atoms with Crippen LogP contribution in [-0.4, -0.2) is 22.3 Å². The third kappa shape index (κ3) is 2.74. The van der Waals surface area contributed by atoms with Crippen LogP contribution in [0.2, 0.25) is 0 Å². The van der Waals surface area contributed by atoms with E-state index in [1.54, 1.807) is 24.3 Å². The molecular formula is C10H12O4. The molecule has 76 valence electrons. The second kappa shape index (κ2) is 4.62. The molecule has 1 aromatic carbocycles. The van der Waals surface area contributed by atoms with Crippen molar-refractivity contribution in [3.8, 4) is 5.75 Å². The van der Waals surface area contributed by atoms with Crippen LogP contribution >= 0.6 is 0 Å². The van der Waals surface area contributed by atoms with Crippen LogP contribution in [0.15, 0.2) is 24.3 Å². The van der Waals surface area contributed by atoms with E-state index in [2.05, 4.69) is 0 Å². The van der Waals surface area contributed by atoms with Crippen molar-refractivity contribution in [2.45, 2.75) is 19.6 Å². The van der Waals surface area contributed by atoms with Crippen LogP contribution in [0, 0.1) is 0 Å². The fraction of sp³-hybridized carbons (Fsp3) is 0.300. The standard InChI is InChI=1S/C10H12O4/c1-7(10(12)13)14-9-4-2-8(6-11)3-5-9/h2-5,7,11H,6H2,1H3,(H,12,13). The molecule has 2 N–H and O–H groups in total. The molecule has 4 nitrogen and oxygen atoms in total. The van der Waals surface area contributed by atoms with Crippen molar-refractivity contribution in [3.05, 3.63) is 29.8 Å². The first-order valence-corrected chi connectivity index (χ1v) is 4.22. The molecule has 0 saturated heterocycles. The topological polar surface area (TPSA) is 66.8 Å². The number of carboxylic acids is 1. The van der Waals surface area contributed by atoms with Gasteiger partial charge in [0.2, 0.25) is 0 Å². The summed E-state index contributed by atoms with van der Waals surface area (Å²) in [4.78, 5) is 10.5. The lowest BCUT2D eigenvalue weighted by Gasteiger charge is -2.10. The van der Waals surface area contributed by atoms with Crippen molar-refractivity contribution in [2.24, 2.45) is 0 Å². The van der Waals surface area contributed by atoms with Crippen molar-refractivity contribution < 1.29 is 19.7 Å². The van der Waals surface area contributed by atoms with Gasteiger partial charge in [-0.25, -0.2) is 4.79 Å². The molecule has 0 aromatic heterocycles. The van der Waals surface area contributed by atoms with E-state index in [9.17, 15) is 4.79 Å². The van der Waals surface area contributed by atoms with Crippen LogP contribution < -0.4 is 4.74 Å². The summed E-state index contributed by atoms with van der Waals surface area (Å²) >= 11 is 0. The minimum atomic E-state index is -1.00. The molecule has 0 saturated carbocycles. The van der Waals surface area contributed by atoms with Gasteiger partial charge >= 0.3 is 5.97 Å². The van der Waals surface area contributed by atoms with Gasteiger partial charge in [0.1, 0.15) is 5.75 Å². The van der Waals surface area contributed by atoms with Gasteiger partial charge in [0.05, 0.1) is 6.61 Å². The van der Waals surface area contributed by atoms with Crippen molar-refractivity contribution in [1.82, 2.24) is 0 Å². The molecule has 0 spiro atoms. The van der Waals surface area contributed by atoms with Crippen LogP contribution in [0.3, 0.4) is 0 Å². The van der Waals surface area contributed by atoms with E-state index in [-0.39, 0.29) is 6.61 Å². The molecule has 0 aliphatic carbocycles. The molecule has 0 aliphatic heterocycles. The van der Waals surface area contributed by atoms with E-state index in [0.717, 1.165) is 5.56 Å². The maximum atomic E-state index is 10.5. The highest BCUT2D eigenvalue weighted by Crippen LogP contribution is 2.13. The number of ether oxygens (including phenoxy) is 1. The smallest absolute Gasteiger partial charge is 0.344 e. The van der Waals surface area contributed by atoms with E-state index in [1.807, 2.05) is 0 Å². The lowest BCUT2D eigenvalue weighted by atomic mass is 10.2. The molecular weight excluding hydrogens is 184 g/mol. The van der Waals surface area contributed by atoms with Crippen LogP contribution in [-0.2, 0) is 11.4 Å². The van der Waals surface area contributed by atoms with Crippen molar-refractivity contribution in [1.29, 1.82) is 0 Å². The first-order chi connectivity index (χ1) is 6.63. The maximum Gasteiger partial charge on any atom is 0.344 e. The number of aliphatic hydroxyl groups is 1. The second-order valence-corrected chi connectivity index (χ2v) is 2.90. The SMILES string of the molecule is CC(Oc1ccc(CO)cc1)C(=O)O. The molecule has 14 heavy (non-hydrogen) atoms. The van der Waals surface area contributed by atoms with Crippen molar-refractivity contribution in [3.63, 3.8) is 0 Å². The highest BCUT2D eigenvalue weighted by atomic mass is 16.5. The van der Waals surface area contributed by atoms with Gasteiger partial charge < -0.3 is 14.9 Å². The summed E-state index contributed by atoms with van der Waals surface area (Å²) in [5.74, 6) is -0.520. The van der Waals surface area contributed by atoms with E-state index in [1.165, 1.54) is 6.92 Å². The summed E-state index contributed by atoms with van der Waals surface area (Å²) in [7, 11) is 0. The van der Waals surface area contributed by atoms with Crippen LogP contribution in [0.1, 0.15) is 12.5 Å². The minimum Gasteiger partial charge on any atom is -0.479 e. The van der Waals surface area contributed by atoms with E-state index in [4.69, 9.17) is 14.9 Å². The lowest BCUT2D eigenvalue weighted by Crippen LogP contribution is -2.22. The van der Waals surface area contributed by atoms with Gasteiger partial charge in [-0.15, -0.1) is 0 Å².